The first-order valence-electron chi connectivity index (χ1n) is 3.56. The first-order valence-corrected chi connectivity index (χ1v) is 3.56. The van der Waals surface area contributed by atoms with E-state index in [0.29, 0.717) is 0 Å². The number of anilines is 4. The first-order chi connectivity index (χ1) is 6.37. The Morgan fingerprint density at radius 1 is 0.929 bits per heavy atom. The van der Waals surface area contributed by atoms with E-state index in [0.717, 1.165) is 0 Å². The van der Waals surface area contributed by atoms with E-state index in [1.54, 1.807) is 0 Å². The minimum absolute atomic E-state index is 0.120. The van der Waals surface area contributed by atoms with E-state index < -0.39 is 17.3 Å². The Balaban J connectivity index is 3.68. The normalized spacial score (nSPS) is 10.0. The van der Waals surface area contributed by atoms with Crippen molar-refractivity contribution in [2.75, 3.05) is 22.9 Å². The molecule has 0 aliphatic rings. The Kier molecular flexibility index (Phi) is 2.01. The average molecular weight is 198 g/mol. The summed E-state index contributed by atoms with van der Waals surface area (Å²) in [5.74, 6) is -2.08. The van der Waals surface area contributed by atoms with Gasteiger partial charge in [-0.15, -0.1) is 0 Å². The molecule has 10 N–H and O–H groups in total. The van der Waals surface area contributed by atoms with Crippen molar-refractivity contribution >= 4 is 28.7 Å². The zero-order valence-electron chi connectivity index (χ0n) is 7.11. The van der Waals surface area contributed by atoms with Crippen LogP contribution in [0.1, 0.15) is 10.4 Å². The largest absolute Gasteiger partial charge is 0.505 e. The molecule has 7 nitrogen and oxygen atoms in total. The van der Waals surface area contributed by atoms with Crippen molar-refractivity contribution in [3.8, 4) is 5.75 Å². The van der Waals surface area contributed by atoms with Crippen LogP contribution in [-0.4, -0.2) is 16.2 Å². The zero-order chi connectivity index (χ0) is 11.0. The van der Waals surface area contributed by atoms with Gasteiger partial charge in [0.05, 0.1) is 17.1 Å². The molecule has 14 heavy (non-hydrogen) atoms. The van der Waals surface area contributed by atoms with Crippen LogP contribution in [0.25, 0.3) is 0 Å². The van der Waals surface area contributed by atoms with Crippen molar-refractivity contribution in [3.63, 3.8) is 0 Å². The number of aromatic hydroxyl groups is 1. The summed E-state index contributed by atoms with van der Waals surface area (Å²) in [6.45, 7) is 0. The number of carbonyl (C=O) groups is 1. The van der Waals surface area contributed by atoms with Crippen LogP contribution >= 0.6 is 0 Å². The Labute approximate surface area is 78.9 Å². The first kappa shape index (κ1) is 9.78. The summed E-state index contributed by atoms with van der Waals surface area (Å²) in [6, 6.07) is 0. The van der Waals surface area contributed by atoms with E-state index in [2.05, 4.69) is 0 Å². The summed E-state index contributed by atoms with van der Waals surface area (Å²) < 4.78 is 0. The highest BCUT2D eigenvalue weighted by molar-refractivity contribution is 6.06. The molecular weight excluding hydrogens is 188 g/mol. The van der Waals surface area contributed by atoms with E-state index >= 15 is 0 Å². The van der Waals surface area contributed by atoms with Gasteiger partial charge in [-0.1, -0.05) is 0 Å². The third-order valence-electron chi connectivity index (χ3n) is 1.85. The molecule has 0 amide bonds. The Morgan fingerprint density at radius 2 is 1.36 bits per heavy atom. The fraction of sp³-hybridized carbons (Fsp3) is 0. The molecule has 0 aromatic heterocycles. The van der Waals surface area contributed by atoms with Crippen molar-refractivity contribution in [1.82, 2.24) is 0 Å². The van der Waals surface area contributed by atoms with Gasteiger partial charge in [0.1, 0.15) is 11.3 Å². The van der Waals surface area contributed by atoms with Crippen molar-refractivity contribution in [2.45, 2.75) is 0 Å². The number of carboxylic acids is 1. The molecular formula is C7H10N4O3. The molecule has 76 valence electrons. The van der Waals surface area contributed by atoms with E-state index in [-0.39, 0.29) is 22.7 Å². The minimum atomic E-state index is -1.42. The third kappa shape index (κ3) is 1.11. The van der Waals surface area contributed by atoms with Crippen LogP contribution in [-0.2, 0) is 0 Å². The molecule has 0 aliphatic carbocycles. The molecule has 0 aliphatic heterocycles. The van der Waals surface area contributed by atoms with Gasteiger partial charge in [0, 0.05) is 0 Å². The van der Waals surface area contributed by atoms with E-state index in [1.807, 2.05) is 0 Å². The zero-order valence-corrected chi connectivity index (χ0v) is 7.11. The van der Waals surface area contributed by atoms with Gasteiger partial charge < -0.3 is 33.1 Å². The summed E-state index contributed by atoms with van der Waals surface area (Å²) in [7, 11) is 0. The topological polar surface area (TPSA) is 162 Å². The molecule has 0 heterocycles. The second kappa shape index (κ2) is 2.87. The maximum absolute atomic E-state index is 10.7. The SMILES string of the molecule is Nc1c(N)c(N)c(C(=O)O)c(O)c1N. The minimum Gasteiger partial charge on any atom is -0.505 e. The van der Waals surface area contributed by atoms with E-state index in [9.17, 15) is 9.90 Å². The van der Waals surface area contributed by atoms with Crippen molar-refractivity contribution in [2.24, 2.45) is 0 Å². The van der Waals surface area contributed by atoms with Gasteiger partial charge >= 0.3 is 5.97 Å². The molecule has 0 radical (unpaired) electrons. The van der Waals surface area contributed by atoms with Gasteiger partial charge in [0.15, 0.2) is 5.75 Å². The number of hydrogen-bond acceptors (Lipinski definition) is 6. The van der Waals surface area contributed by atoms with Gasteiger partial charge in [0.2, 0.25) is 0 Å². The summed E-state index contributed by atoms with van der Waals surface area (Å²) in [6.07, 6.45) is 0. The summed E-state index contributed by atoms with van der Waals surface area (Å²) in [4.78, 5) is 10.7. The van der Waals surface area contributed by atoms with Crippen LogP contribution in [0.3, 0.4) is 0 Å². The lowest BCUT2D eigenvalue weighted by Gasteiger charge is -2.12. The molecule has 1 rings (SSSR count). The lowest BCUT2D eigenvalue weighted by Crippen LogP contribution is -2.11. The molecule has 0 saturated carbocycles. The summed E-state index contributed by atoms with van der Waals surface area (Å²) in [5, 5.41) is 18.0. The summed E-state index contributed by atoms with van der Waals surface area (Å²) >= 11 is 0. The van der Waals surface area contributed by atoms with Gasteiger partial charge in [0.25, 0.3) is 0 Å². The second-order valence-corrected chi connectivity index (χ2v) is 2.68. The van der Waals surface area contributed by atoms with Crippen LogP contribution < -0.4 is 22.9 Å². The van der Waals surface area contributed by atoms with Crippen molar-refractivity contribution in [3.05, 3.63) is 5.56 Å². The lowest BCUT2D eigenvalue weighted by molar-refractivity contribution is 0.0695. The lowest BCUT2D eigenvalue weighted by atomic mass is 10.1. The molecule has 0 unspecified atom stereocenters. The number of carboxylic acid groups (broad SMARTS) is 1. The number of aromatic carboxylic acids is 1. The van der Waals surface area contributed by atoms with Crippen LogP contribution in [0, 0.1) is 0 Å². The van der Waals surface area contributed by atoms with Gasteiger partial charge in [-0.3, -0.25) is 0 Å². The van der Waals surface area contributed by atoms with Crippen LogP contribution in [0.2, 0.25) is 0 Å². The van der Waals surface area contributed by atoms with Crippen LogP contribution in [0.15, 0.2) is 0 Å². The number of hydrogen-bond donors (Lipinski definition) is 6. The maximum atomic E-state index is 10.7. The quantitative estimate of drug-likeness (QED) is 0.200. The second-order valence-electron chi connectivity index (χ2n) is 2.68. The Bertz CT molecular complexity index is 387. The van der Waals surface area contributed by atoms with Gasteiger partial charge in [-0.05, 0) is 0 Å². The molecule has 7 heteroatoms. The highest BCUT2D eigenvalue weighted by Gasteiger charge is 2.22. The Morgan fingerprint density at radius 3 is 1.79 bits per heavy atom. The molecule has 0 fully saturated rings. The number of benzene rings is 1. The number of nitrogen functional groups attached to an aromatic ring is 4. The molecule has 0 spiro atoms. The molecule has 0 saturated heterocycles. The Hall–Kier alpha value is -2.31. The van der Waals surface area contributed by atoms with Crippen LogP contribution in [0.5, 0.6) is 5.75 Å². The predicted molar refractivity (Wildman–Crippen MR) is 52.7 cm³/mol. The standard InChI is InChI=1S/C7H10N4O3/c8-2-1(7(13)14)6(12)5(11)4(10)3(2)9/h12H,8-11H2,(H,13,14). The number of phenols is 1. The van der Waals surface area contributed by atoms with E-state index in [1.165, 1.54) is 0 Å². The number of rotatable bonds is 1. The highest BCUT2D eigenvalue weighted by Crippen LogP contribution is 2.40. The molecule has 1 aromatic carbocycles. The van der Waals surface area contributed by atoms with E-state index in [4.69, 9.17) is 28.0 Å². The van der Waals surface area contributed by atoms with Crippen molar-refractivity contribution < 1.29 is 15.0 Å². The smallest absolute Gasteiger partial charge is 0.341 e. The predicted octanol–water partition coefficient (Wildman–Crippen LogP) is -0.581. The van der Waals surface area contributed by atoms with Crippen LogP contribution in [0.4, 0.5) is 22.7 Å². The molecule has 0 bridgehead atoms. The number of nitrogens with two attached hydrogens (primary N) is 4. The fourth-order valence-corrected chi connectivity index (χ4v) is 1.03. The fourth-order valence-electron chi connectivity index (χ4n) is 1.03. The molecule has 1 aromatic rings. The molecule has 0 atom stereocenters. The van der Waals surface area contributed by atoms with Gasteiger partial charge in [-0.2, -0.15) is 0 Å². The monoisotopic (exact) mass is 198 g/mol. The summed E-state index contributed by atoms with van der Waals surface area (Å²) in [5.41, 5.74) is 20.1. The highest BCUT2D eigenvalue weighted by atomic mass is 16.4. The van der Waals surface area contributed by atoms with Crippen molar-refractivity contribution in [1.29, 1.82) is 0 Å². The van der Waals surface area contributed by atoms with Gasteiger partial charge in [-0.25, -0.2) is 4.79 Å². The average Bonchev–Trinajstić information content (AvgIpc) is 2.11. The maximum Gasteiger partial charge on any atom is 0.341 e. The third-order valence-corrected chi connectivity index (χ3v) is 1.85.